The first-order valence-corrected chi connectivity index (χ1v) is 2.50. The quantitative estimate of drug-likeness (QED) is 0.525. The molecular weight excluding hydrogens is 90.1 g/mol. The van der Waals surface area contributed by atoms with Gasteiger partial charge in [0.25, 0.3) is 0 Å². The van der Waals surface area contributed by atoms with Crippen LogP contribution in [-0.2, 0) is 4.74 Å². The molecule has 1 unspecified atom stereocenters. The normalized spacial score (nSPS) is 26.7. The van der Waals surface area contributed by atoms with E-state index in [1.165, 1.54) is 0 Å². The van der Waals surface area contributed by atoms with Crippen LogP contribution < -0.4 is 5.32 Å². The minimum atomic E-state index is 0.236. The van der Waals surface area contributed by atoms with E-state index in [0.717, 1.165) is 6.42 Å². The third kappa shape index (κ3) is 0.856. The lowest BCUT2D eigenvalue weighted by Crippen LogP contribution is -2.18. The first-order chi connectivity index (χ1) is 3.43. The molecule has 0 saturated carbocycles. The largest absolute Gasteiger partial charge is 0.477 e. The van der Waals surface area contributed by atoms with Gasteiger partial charge in [-0.3, -0.25) is 0 Å². The molecule has 0 amide bonds. The summed E-state index contributed by atoms with van der Waals surface area (Å²) in [5.41, 5.74) is 0. The zero-order valence-electron chi connectivity index (χ0n) is 4.35. The molecule has 0 aromatic carbocycles. The van der Waals surface area contributed by atoms with Crippen LogP contribution in [-0.4, -0.2) is 6.23 Å². The zero-order valence-corrected chi connectivity index (χ0v) is 4.35. The van der Waals surface area contributed by atoms with Crippen molar-refractivity contribution in [3.63, 3.8) is 0 Å². The smallest absolute Gasteiger partial charge is 0.168 e. The van der Waals surface area contributed by atoms with Gasteiger partial charge in [0.15, 0.2) is 6.23 Å². The number of hydrogen-bond donors (Lipinski definition) is 1. The highest BCUT2D eigenvalue weighted by atomic mass is 16.5. The Hall–Kier alpha value is -0.660. The summed E-state index contributed by atoms with van der Waals surface area (Å²) in [6.07, 6.45) is 4.75. The van der Waals surface area contributed by atoms with E-state index in [4.69, 9.17) is 4.74 Å². The summed E-state index contributed by atoms with van der Waals surface area (Å²) < 4.78 is 5.01. The van der Waals surface area contributed by atoms with Gasteiger partial charge in [-0.05, 0) is 0 Å². The van der Waals surface area contributed by atoms with Crippen molar-refractivity contribution in [2.24, 2.45) is 0 Å². The summed E-state index contributed by atoms with van der Waals surface area (Å²) in [5, 5.41) is 3.00. The standard InChI is InChI=1S/C5H9NO/c1-2-5-6-3-4-7-5/h3-6H,2H2,1H3. The summed E-state index contributed by atoms with van der Waals surface area (Å²) in [5.74, 6) is 0. The van der Waals surface area contributed by atoms with Crippen LogP contribution in [0.2, 0.25) is 0 Å². The van der Waals surface area contributed by atoms with Gasteiger partial charge in [-0.15, -0.1) is 0 Å². The van der Waals surface area contributed by atoms with Crippen LogP contribution in [0.5, 0.6) is 0 Å². The minimum absolute atomic E-state index is 0.236. The number of nitrogens with one attached hydrogen (secondary N) is 1. The highest BCUT2D eigenvalue weighted by Gasteiger charge is 2.03. The third-order valence-corrected chi connectivity index (χ3v) is 0.964. The zero-order chi connectivity index (χ0) is 5.11. The summed E-state index contributed by atoms with van der Waals surface area (Å²) in [4.78, 5) is 0. The third-order valence-electron chi connectivity index (χ3n) is 0.964. The van der Waals surface area contributed by atoms with Crippen LogP contribution in [0.1, 0.15) is 13.3 Å². The van der Waals surface area contributed by atoms with Crippen molar-refractivity contribution in [3.8, 4) is 0 Å². The van der Waals surface area contributed by atoms with E-state index in [1.807, 2.05) is 6.20 Å². The molecule has 7 heavy (non-hydrogen) atoms. The van der Waals surface area contributed by atoms with Gasteiger partial charge in [-0.1, -0.05) is 6.92 Å². The molecule has 0 bridgehead atoms. The van der Waals surface area contributed by atoms with Gasteiger partial charge in [-0.2, -0.15) is 0 Å². The second-order valence-corrected chi connectivity index (χ2v) is 1.50. The summed E-state index contributed by atoms with van der Waals surface area (Å²) in [6, 6.07) is 0. The average Bonchev–Trinajstić information content (AvgIpc) is 2.14. The van der Waals surface area contributed by atoms with Crippen molar-refractivity contribution >= 4 is 0 Å². The van der Waals surface area contributed by atoms with Crippen LogP contribution in [0.25, 0.3) is 0 Å². The van der Waals surface area contributed by atoms with Crippen molar-refractivity contribution in [3.05, 3.63) is 12.5 Å². The van der Waals surface area contributed by atoms with Crippen molar-refractivity contribution in [1.82, 2.24) is 5.32 Å². The molecule has 1 atom stereocenters. The molecule has 1 aliphatic rings. The Labute approximate surface area is 43.2 Å². The fourth-order valence-electron chi connectivity index (χ4n) is 0.534. The van der Waals surface area contributed by atoms with Crippen LogP contribution in [0.4, 0.5) is 0 Å². The molecule has 0 aromatic rings. The molecular formula is C5H9NO. The Morgan fingerprint density at radius 2 is 2.71 bits per heavy atom. The van der Waals surface area contributed by atoms with E-state index >= 15 is 0 Å². The Morgan fingerprint density at radius 3 is 3.00 bits per heavy atom. The maximum atomic E-state index is 5.01. The van der Waals surface area contributed by atoms with Crippen LogP contribution in [0.3, 0.4) is 0 Å². The molecule has 0 fully saturated rings. The fourth-order valence-corrected chi connectivity index (χ4v) is 0.534. The van der Waals surface area contributed by atoms with Gasteiger partial charge in [0.05, 0.1) is 0 Å². The molecule has 1 aliphatic heterocycles. The fraction of sp³-hybridized carbons (Fsp3) is 0.600. The molecule has 2 nitrogen and oxygen atoms in total. The lowest BCUT2D eigenvalue weighted by molar-refractivity contribution is 0.148. The molecule has 0 saturated heterocycles. The van der Waals surface area contributed by atoms with Crippen LogP contribution in [0, 0.1) is 0 Å². The molecule has 1 N–H and O–H groups in total. The van der Waals surface area contributed by atoms with E-state index in [9.17, 15) is 0 Å². The summed E-state index contributed by atoms with van der Waals surface area (Å²) >= 11 is 0. The van der Waals surface area contributed by atoms with Crippen molar-refractivity contribution < 1.29 is 4.74 Å². The van der Waals surface area contributed by atoms with Crippen molar-refractivity contribution in [2.75, 3.05) is 0 Å². The maximum Gasteiger partial charge on any atom is 0.168 e. The second kappa shape index (κ2) is 1.87. The predicted octanol–water partition coefficient (Wildman–Crippen LogP) is 0.813. The molecule has 0 radical (unpaired) electrons. The van der Waals surface area contributed by atoms with Crippen LogP contribution in [0.15, 0.2) is 12.5 Å². The number of ether oxygens (including phenoxy) is 1. The Bertz CT molecular complexity index is 72.1. The van der Waals surface area contributed by atoms with E-state index in [1.54, 1.807) is 6.26 Å². The first-order valence-electron chi connectivity index (χ1n) is 2.50. The lowest BCUT2D eigenvalue weighted by Gasteiger charge is -2.05. The van der Waals surface area contributed by atoms with E-state index < -0.39 is 0 Å². The highest BCUT2D eigenvalue weighted by molar-refractivity contribution is 4.80. The minimum Gasteiger partial charge on any atom is -0.477 e. The van der Waals surface area contributed by atoms with Gasteiger partial charge < -0.3 is 10.1 Å². The number of rotatable bonds is 1. The molecule has 0 spiro atoms. The summed E-state index contributed by atoms with van der Waals surface area (Å²) in [7, 11) is 0. The van der Waals surface area contributed by atoms with Crippen LogP contribution >= 0.6 is 0 Å². The van der Waals surface area contributed by atoms with Gasteiger partial charge in [0, 0.05) is 12.6 Å². The van der Waals surface area contributed by atoms with Gasteiger partial charge in [0.1, 0.15) is 6.26 Å². The van der Waals surface area contributed by atoms with Gasteiger partial charge in [-0.25, -0.2) is 0 Å². The maximum absolute atomic E-state index is 5.01. The molecule has 2 heteroatoms. The lowest BCUT2D eigenvalue weighted by atomic mass is 10.4. The Morgan fingerprint density at radius 1 is 1.86 bits per heavy atom. The molecule has 40 valence electrons. The Balaban J connectivity index is 2.22. The second-order valence-electron chi connectivity index (χ2n) is 1.50. The molecule has 0 aliphatic carbocycles. The van der Waals surface area contributed by atoms with Crippen molar-refractivity contribution in [2.45, 2.75) is 19.6 Å². The van der Waals surface area contributed by atoms with Gasteiger partial charge >= 0.3 is 0 Å². The van der Waals surface area contributed by atoms with E-state index in [2.05, 4.69) is 12.2 Å². The molecule has 1 heterocycles. The van der Waals surface area contributed by atoms with Crippen molar-refractivity contribution in [1.29, 1.82) is 0 Å². The first kappa shape index (κ1) is 4.50. The SMILES string of the molecule is CCC1NC=CO1. The predicted molar refractivity (Wildman–Crippen MR) is 27.4 cm³/mol. The average molecular weight is 99.1 g/mol. The highest BCUT2D eigenvalue weighted by Crippen LogP contribution is 1.98. The monoisotopic (exact) mass is 99.1 g/mol. The van der Waals surface area contributed by atoms with E-state index in [-0.39, 0.29) is 6.23 Å². The molecule has 0 aromatic heterocycles. The molecule has 1 rings (SSSR count). The van der Waals surface area contributed by atoms with Gasteiger partial charge in [0.2, 0.25) is 0 Å². The summed E-state index contributed by atoms with van der Waals surface area (Å²) in [6.45, 7) is 2.07. The Kier molecular flexibility index (Phi) is 1.20. The number of hydrogen-bond acceptors (Lipinski definition) is 2. The topological polar surface area (TPSA) is 21.3 Å². The van der Waals surface area contributed by atoms with E-state index in [0.29, 0.717) is 0 Å².